The molecule has 1 aromatic heterocycles. The summed E-state index contributed by atoms with van der Waals surface area (Å²) in [4.78, 5) is 48.6. The van der Waals surface area contributed by atoms with E-state index in [-0.39, 0.29) is 36.7 Å². The number of nitro groups is 1. The molecule has 6 rings (SSSR count). The number of aliphatic hydroxyl groups is 3. The van der Waals surface area contributed by atoms with Crippen LogP contribution in [0.3, 0.4) is 0 Å². The van der Waals surface area contributed by atoms with Crippen molar-refractivity contribution in [3.8, 4) is 17.2 Å². The summed E-state index contributed by atoms with van der Waals surface area (Å²) >= 11 is 0. The van der Waals surface area contributed by atoms with E-state index >= 15 is 0 Å². The number of rotatable bonds is 32. The Bertz CT molecular complexity index is 2980. The zero-order valence-electron chi connectivity index (χ0n) is 48.4. The predicted octanol–water partition coefficient (Wildman–Crippen LogP) is 4.55. The fraction of sp³-hybridized carbons (Fsp3) is 0.482. The molecule has 0 spiro atoms. The van der Waals surface area contributed by atoms with Crippen LogP contribution in [0.5, 0.6) is 17.2 Å². The summed E-state index contributed by atoms with van der Waals surface area (Å²) in [6.45, 7) is 3.22. The second-order valence-electron chi connectivity index (χ2n) is 20.0. The highest BCUT2D eigenvalue weighted by atomic mass is 19.4. The number of nitrogens with zero attached hydrogens (tertiary/aromatic N) is 10. The lowest BCUT2D eigenvalue weighted by Gasteiger charge is -2.40. The van der Waals surface area contributed by atoms with Crippen LogP contribution in [0.4, 0.5) is 47.3 Å². The van der Waals surface area contributed by atoms with E-state index in [2.05, 4.69) is 52.0 Å². The molecule has 30 heteroatoms. The summed E-state index contributed by atoms with van der Waals surface area (Å²) in [5.41, 5.74) is 8.25. The molecule has 0 unspecified atom stereocenters. The third-order valence-corrected chi connectivity index (χ3v) is 13.1. The van der Waals surface area contributed by atoms with Crippen LogP contribution in [0.1, 0.15) is 56.2 Å². The van der Waals surface area contributed by atoms with E-state index in [4.69, 9.17) is 33.6 Å². The molecule has 1 aliphatic rings. The molecule has 0 aliphatic carbocycles. The fourth-order valence-corrected chi connectivity index (χ4v) is 8.20. The van der Waals surface area contributed by atoms with Gasteiger partial charge in [-0.1, -0.05) is 17.3 Å². The summed E-state index contributed by atoms with van der Waals surface area (Å²) in [6, 6.07) is 23.2. The number of azo groups is 2. The summed E-state index contributed by atoms with van der Waals surface area (Å²) in [5.74, 6) is -2.04. The van der Waals surface area contributed by atoms with Crippen molar-refractivity contribution in [1.82, 2.24) is 30.5 Å². The van der Waals surface area contributed by atoms with Gasteiger partial charge >= 0.3 is 6.18 Å². The molecule has 4 aromatic carbocycles. The Morgan fingerprint density at radius 1 is 0.826 bits per heavy atom. The van der Waals surface area contributed by atoms with Crippen molar-refractivity contribution in [1.29, 1.82) is 0 Å². The van der Waals surface area contributed by atoms with Gasteiger partial charge in [0.05, 0.1) is 49.9 Å². The minimum Gasteiger partial charge on any atom is -0.542 e. The SMILES string of the molecule is COc1cc(N=Nc2ccc([N+](=O)[O-])cc2)c(OC)cc1N=Nc1ccc(N(C)CCCC(=O)NCCc2ccc(O[C@@H]3O[C@H](COCCCCn4cc(CNC(=O)[C@@H]([NH3+])CCCCN(C)C)nn4)[C@@H](O)[C@H](O)[C@H]3O)cc2)cc1.O=C([O-])C(F)(F)F. The minimum absolute atomic E-state index is 0.0349. The molecule has 1 fully saturated rings. The number of unbranched alkanes of at least 4 members (excludes halogenated alkanes) is 2. The molecular weight excluding hydrogens is 1140 g/mol. The number of nitro benzene ring substituents is 1. The molecule has 0 radical (unpaired) electrons. The molecule has 8 N–H and O–H groups in total. The lowest BCUT2D eigenvalue weighted by atomic mass is 9.99. The topological polar surface area (TPSA) is 363 Å². The number of benzene rings is 4. The molecule has 27 nitrogen and oxygen atoms in total. The first-order valence-corrected chi connectivity index (χ1v) is 27.4. The molecule has 86 heavy (non-hydrogen) atoms. The number of carbonyl (C=O) groups excluding carboxylic acids is 3. The van der Waals surface area contributed by atoms with E-state index in [1.54, 1.807) is 35.1 Å². The molecule has 6 atom stereocenters. The van der Waals surface area contributed by atoms with Gasteiger partial charge in [-0.15, -0.1) is 15.3 Å². The molecule has 0 saturated carbocycles. The summed E-state index contributed by atoms with van der Waals surface area (Å²) < 4.78 is 61.8. The Balaban J connectivity index is 0.00000181. The van der Waals surface area contributed by atoms with Gasteiger partial charge in [0.25, 0.3) is 11.6 Å². The van der Waals surface area contributed by atoms with Gasteiger partial charge in [-0.2, -0.15) is 23.4 Å². The van der Waals surface area contributed by atoms with Gasteiger partial charge in [-0.3, -0.25) is 24.4 Å². The van der Waals surface area contributed by atoms with Gasteiger partial charge in [-0.25, -0.2) is 0 Å². The largest absolute Gasteiger partial charge is 0.542 e. The number of carbonyl (C=O) groups is 3. The normalized spacial score (nSPS) is 17.2. The molecule has 2 amide bonds. The number of nitrogens with one attached hydrogen (secondary N) is 2. The zero-order chi connectivity index (χ0) is 62.8. The van der Waals surface area contributed by atoms with Crippen LogP contribution < -0.4 is 40.6 Å². The lowest BCUT2D eigenvalue weighted by Crippen LogP contribution is -2.67. The Morgan fingerprint density at radius 3 is 2.02 bits per heavy atom. The third kappa shape index (κ3) is 23.0. The van der Waals surface area contributed by atoms with Crippen LogP contribution in [0.15, 0.2) is 112 Å². The molecule has 1 aliphatic heterocycles. The Morgan fingerprint density at radius 2 is 1.44 bits per heavy atom. The van der Waals surface area contributed by atoms with E-state index in [1.165, 1.54) is 38.5 Å². The van der Waals surface area contributed by atoms with Crippen molar-refractivity contribution < 1.29 is 82.3 Å². The van der Waals surface area contributed by atoms with Crippen molar-refractivity contribution in [3.05, 3.63) is 112 Å². The van der Waals surface area contributed by atoms with Crippen molar-refractivity contribution >= 4 is 51.9 Å². The number of carboxylic acids is 1. The fourth-order valence-electron chi connectivity index (χ4n) is 8.20. The van der Waals surface area contributed by atoms with Crippen LogP contribution in [0.25, 0.3) is 0 Å². The lowest BCUT2D eigenvalue weighted by molar-refractivity contribution is -0.405. The van der Waals surface area contributed by atoms with Crippen molar-refractivity contribution in [2.75, 3.05) is 73.1 Å². The number of anilines is 1. The predicted molar refractivity (Wildman–Crippen MR) is 302 cm³/mol. The van der Waals surface area contributed by atoms with Gasteiger partial charge in [0, 0.05) is 76.1 Å². The number of quaternary nitrogens is 1. The molecule has 1 saturated heterocycles. The van der Waals surface area contributed by atoms with E-state index in [0.29, 0.717) is 97.6 Å². The molecular formula is C56H74F3N13O14. The number of amides is 2. The highest BCUT2D eigenvalue weighted by molar-refractivity contribution is 5.80. The van der Waals surface area contributed by atoms with Gasteiger partial charge in [0.2, 0.25) is 12.2 Å². The smallest absolute Gasteiger partial charge is 0.430 e. The Hall–Kier alpha value is -8.26. The number of halogens is 3. The van der Waals surface area contributed by atoms with Crippen molar-refractivity contribution in [2.45, 2.75) is 107 Å². The van der Waals surface area contributed by atoms with Crippen LogP contribution in [0.2, 0.25) is 0 Å². The molecule has 0 bridgehead atoms. The number of aryl methyl sites for hydroxylation is 1. The number of aliphatic hydroxyl groups excluding tert-OH is 3. The maximum absolute atomic E-state index is 12.7. The van der Waals surface area contributed by atoms with E-state index < -0.39 is 47.8 Å². The standard InChI is InChI=1S/C54H73N13O12.C2HF3O2/c1-64(2)27-7-6-11-43(55)53(72)57-33-39-34-66(63-60-39)29-8-9-30-77-35-48-50(69)51(70)52(71)54(79-48)78-42-23-13-36(14-24-42)25-26-56-49(68)12-10-28-65(3)40-19-15-37(16-20-40)58-61-44-31-47(76-5)45(32-46(44)75-4)62-59-38-17-21-41(22-18-38)67(73)74;3-2(4,5)1(6)7/h13-24,31-32,34,43,48,50-52,54,69-71H,6-12,25-30,33,35,55H2,1-5H3,(H,56,68)(H,57,72);(H,6,7)/t43-,48+,50+,51-,52+,54+;/m0./s1. The number of aromatic nitrogens is 3. The summed E-state index contributed by atoms with van der Waals surface area (Å²) in [5, 5.41) is 83.0. The molecule has 2 heterocycles. The molecule has 468 valence electrons. The van der Waals surface area contributed by atoms with E-state index in [0.717, 1.165) is 43.5 Å². The van der Waals surface area contributed by atoms with Crippen LogP contribution in [-0.2, 0) is 43.4 Å². The Kier molecular flexibility index (Phi) is 27.6. The van der Waals surface area contributed by atoms with Gasteiger partial charge < -0.3 is 75.1 Å². The van der Waals surface area contributed by atoms with Gasteiger partial charge in [0.1, 0.15) is 64.7 Å². The number of methoxy groups -OCH3 is 2. The number of aliphatic carboxylic acids is 1. The van der Waals surface area contributed by atoms with Crippen LogP contribution in [0, 0.1) is 10.1 Å². The average Bonchev–Trinajstić information content (AvgIpc) is 3.48. The molecule has 5 aromatic rings. The second kappa shape index (κ2) is 34.6. The maximum Gasteiger partial charge on any atom is 0.430 e. The van der Waals surface area contributed by atoms with Gasteiger partial charge in [0.15, 0.2) is 6.04 Å². The number of non-ortho nitro benzene ring substituents is 1. The first kappa shape index (κ1) is 68.5. The average molecular weight is 1210 g/mol. The highest BCUT2D eigenvalue weighted by Crippen LogP contribution is 2.41. The number of carboxylic acid groups (broad SMARTS) is 1. The number of ether oxygens (including phenoxy) is 5. The van der Waals surface area contributed by atoms with Gasteiger partial charge in [-0.05, 0) is 113 Å². The third-order valence-electron chi connectivity index (χ3n) is 13.1. The zero-order valence-corrected chi connectivity index (χ0v) is 48.4. The Labute approximate surface area is 494 Å². The maximum atomic E-state index is 12.7. The van der Waals surface area contributed by atoms with Crippen molar-refractivity contribution in [2.24, 2.45) is 20.5 Å². The van der Waals surface area contributed by atoms with Crippen LogP contribution in [-0.4, -0.2) is 169 Å². The van der Waals surface area contributed by atoms with E-state index in [9.17, 15) is 48.2 Å². The minimum atomic E-state index is -5.19. The monoisotopic (exact) mass is 1210 g/mol. The quantitative estimate of drug-likeness (QED) is 0.0149. The number of hydrogen-bond donors (Lipinski definition) is 6. The summed E-state index contributed by atoms with van der Waals surface area (Å²) in [7, 11) is 8.98. The first-order valence-electron chi connectivity index (χ1n) is 27.4. The summed E-state index contributed by atoms with van der Waals surface area (Å²) in [6.07, 6.45) is -4.42. The van der Waals surface area contributed by atoms with Crippen LogP contribution >= 0.6 is 0 Å². The second-order valence-corrected chi connectivity index (χ2v) is 20.0. The first-order chi connectivity index (χ1) is 41.0. The highest BCUT2D eigenvalue weighted by Gasteiger charge is 2.45. The van der Waals surface area contributed by atoms with E-state index in [1.807, 2.05) is 62.4 Å². The van der Waals surface area contributed by atoms with Crippen molar-refractivity contribution in [3.63, 3.8) is 0 Å². The number of alkyl halides is 3. The number of hydrogen-bond acceptors (Lipinski definition) is 22.